The van der Waals surface area contributed by atoms with Crippen LogP contribution >= 0.6 is 12.6 Å². The Morgan fingerprint density at radius 2 is 1.47 bits per heavy atom. The minimum atomic E-state index is -3.22. The maximum Gasteiger partial charge on any atom is 0.214 e. The minimum Gasteiger partial charge on any atom is -0.507 e. The number of carbonyl (C=O) groups excluding carboxylic acids is 3. The number of hydrogen-bond acceptors (Lipinski definition) is 21. The molecule has 0 aromatic heterocycles. The summed E-state index contributed by atoms with van der Waals surface area (Å²) < 4.78 is 36.8. The lowest BCUT2D eigenvalue weighted by Gasteiger charge is -2.60. The smallest absolute Gasteiger partial charge is 0.214 e. The number of phenolic OH excluding ortho intramolecular Hbond substituents is 1. The zero-order valence-corrected chi connectivity index (χ0v) is 31.9. The average Bonchev–Trinajstić information content (AvgIpc) is 3.18. The molecular formula is C37H46O20S. The fourth-order valence-corrected chi connectivity index (χ4v) is 8.90. The van der Waals surface area contributed by atoms with Crippen molar-refractivity contribution in [2.75, 3.05) is 13.2 Å². The van der Waals surface area contributed by atoms with Crippen LogP contribution in [0.15, 0.2) is 41.2 Å². The van der Waals surface area contributed by atoms with Crippen molar-refractivity contribution in [3.05, 3.63) is 52.3 Å². The van der Waals surface area contributed by atoms with Gasteiger partial charge in [-0.3, -0.25) is 14.4 Å². The van der Waals surface area contributed by atoms with Crippen molar-refractivity contribution >= 4 is 30.0 Å². The van der Waals surface area contributed by atoms with Crippen molar-refractivity contribution in [3.63, 3.8) is 0 Å². The first kappa shape index (κ1) is 43.2. The molecule has 1 saturated carbocycles. The number of rotatable bonds is 8. The summed E-state index contributed by atoms with van der Waals surface area (Å²) in [7, 11) is 0. The first-order valence-corrected chi connectivity index (χ1v) is 19.1. The van der Waals surface area contributed by atoms with Gasteiger partial charge in [-0.15, -0.1) is 0 Å². The predicted octanol–water partition coefficient (Wildman–Crippen LogP) is -4.00. The number of thiol groups is 1. The third-order valence-electron chi connectivity index (χ3n) is 11.8. The third kappa shape index (κ3) is 6.47. The van der Waals surface area contributed by atoms with Crippen LogP contribution in [0.25, 0.3) is 0 Å². The molecule has 0 spiro atoms. The largest absolute Gasteiger partial charge is 0.507 e. The number of phenols is 1. The SMILES string of the molecule is CC1OC(OC23C(=O)C(O)C(C)(O)CC2(OC2OC(CO)C(O)C(O)C2O)C(OC2OC(CO)C(O)C(O)C2S)=CC2=C3C(=O)c3cccc(O)c3C2=O)CCC1O. The van der Waals surface area contributed by atoms with Gasteiger partial charge in [0, 0.05) is 24.0 Å². The Kier molecular flexibility index (Phi) is 11.5. The highest BCUT2D eigenvalue weighted by atomic mass is 32.1. The zero-order valence-electron chi connectivity index (χ0n) is 31.0. The summed E-state index contributed by atoms with van der Waals surface area (Å²) in [5.41, 5.74) is -11.2. The predicted molar refractivity (Wildman–Crippen MR) is 191 cm³/mol. The molecule has 20 nitrogen and oxygen atoms in total. The molecular weight excluding hydrogens is 796 g/mol. The van der Waals surface area contributed by atoms with Gasteiger partial charge < -0.3 is 84.6 Å². The van der Waals surface area contributed by atoms with Gasteiger partial charge in [-0.25, -0.2) is 0 Å². The lowest BCUT2D eigenvalue weighted by Crippen LogP contribution is -2.79. The second-order valence-electron chi connectivity index (χ2n) is 15.6. The van der Waals surface area contributed by atoms with Crippen LogP contribution in [-0.4, -0.2) is 189 Å². The van der Waals surface area contributed by atoms with E-state index >= 15 is 4.79 Å². The number of fused-ring (bicyclic) bond motifs is 3. The number of Topliss-reactive ketones (excluding diaryl/α,β-unsaturated/α-hetero) is 3. The molecule has 6 aliphatic rings. The first-order chi connectivity index (χ1) is 27.3. The van der Waals surface area contributed by atoms with E-state index in [0.717, 1.165) is 19.1 Å². The second kappa shape index (κ2) is 15.5. The molecule has 4 fully saturated rings. The second-order valence-corrected chi connectivity index (χ2v) is 16.2. The Morgan fingerprint density at radius 3 is 2.10 bits per heavy atom. The monoisotopic (exact) mass is 842 g/mol. The van der Waals surface area contributed by atoms with Crippen molar-refractivity contribution in [1.82, 2.24) is 0 Å². The number of aliphatic hydroxyl groups excluding tert-OH is 9. The Labute approximate surface area is 334 Å². The number of carbonyl (C=O) groups is 3. The number of hydrogen-bond donors (Lipinski definition) is 12. The van der Waals surface area contributed by atoms with Crippen LogP contribution in [0.3, 0.4) is 0 Å². The van der Waals surface area contributed by atoms with Gasteiger partial charge in [0.1, 0.15) is 60.3 Å². The van der Waals surface area contributed by atoms with Crippen LogP contribution in [-0.2, 0) is 33.2 Å². The highest BCUT2D eigenvalue weighted by Crippen LogP contribution is 2.59. The summed E-state index contributed by atoms with van der Waals surface area (Å²) in [6.07, 6.45) is -23.5. The molecule has 3 heterocycles. The Hall–Kier alpha value is -2.94. The van der Waals surface area contributed by atoms with Gasteiger partial charge in [-0.1, -0.05) is 12.1 Å². The molecule has 1 aromatic carbocycles. The van der Waals surface area contributed by atoms with Gasteiger partial charge in [0.2, 0.25) is 12.1 Å². The molecule has 0 amide bonds. The van der Waals surface area contributed by atoms with E-state index < -0.39 is 173 Å². The maximum absolute atomic E-state index is 15.3. The van der Waals surface area contributed by atoms with Crippen LogP contribution in [0.1, 0.15) is 53.8 Å². The fourth-order valence-electron chi connectivity index (χ4n) is 8.59. The Morgan fingerprint density at radius 1 is 0.828 bits per heavy atom. The van der Waals surface area contributed by atoms with Gasteiger partial charge >= 0.3 is 0 Å². The number of ether oxygens (including phenoxy) is 6. The zero-order chi connectivity index (χ0) is 42.4. The van der Waals surface area contributed by atoms with E-state index in [1.807, 2.05) is 0 Å². The molecule has 11 N–H and O–H groups in total. The molecule has 7 rings (SSSR count). The molecule has 320 valence electrons. The fraction of sp³-hybridized carbons (Fsp3) is 0.649. The van der Waals surface area contributed by atoms with Crippen LogP contribution in [0.2, 0.25) is 0 Å². The summed E-state index contributed by atoms with van der Waals surface area (Å²) in [6, 6.07) is 3.53. The van der Waals surface area contributed by atoms with E-state index in [9.17, 15) is 65.8 Å². The minimum absolute atomic E-state index is 0.00830. The average molecular weight is 843 g/mol. The topological polar surface area (TPSA) is 329 Å². The van der Waals surface area contributed by atoms with E-state index in [1.54, 1.807) is 0 Å². The van der Waals surface area contributed by atoms with E-state index in [4.69, 9.17) is 28.4 Å². The van der Waals surface area contributed by atoms with E-state index in [1.165, 1.54) is 19.1 Å². The number of ketones is 3. The highest BCUT2D eigenvalue weighted by Gasteiger charge is 2.77. The number of benzene rings is 1. The lowest BCUT2D eigenvalue weighted by molar-refractivity contribution is -0.368. The van der Waals surface area contributed by atoms with Gasteiger partial charge in [-0.05, 0) is 32.4 Å². The van der Waals surface area contributed by atoms with Crippen molar-refractivity contribution in [3.8, 4) is 5.75 Å². The molecule has 0 radical (unpaired) electrons. The van der Waals surface area contributed by atoms with Crippen molar-refractivity contribution in [2.45, 2.75) is 135 Å². The van der Waals surface area contributed by atoms with E-state index in [0.29, 0.717) is 0 Å². The molecule has 17 unspecified atom stereocenters. The summed E-state index contributed by atoms with van der Waals surface area (Å²) in [5.74, 6) is -5.19. The molecule has 21 heteroatoms. The van der Waals surface area contributed by atoms with Crippen LogP contribution in [0.4, 0.5) is 0 Å². The quantitative estimate of drug-likeness (QED) is 0.111. The number of allylic oxidation sites excluding steroid dienone is 2. The van der Waals surface area contributed by atoms with Crippen molar-refractivity contribution < 1.29 is 99.0 Å². The lowest BCUT2D eigenvalue weighted by atomic mass is 9.55. The van der Waals surface area contributed by atoms with Crippen LogP contribution < -0.4 is 0 Å². The van der Waals surface area contributed by atoms with Gasteiger partial charge in [0.15, 0.2) is 35.3 Å². The molecule has 3 saturated heterocycles. The first-order valence-electron chi connectivity index (χ1n) is 18.6. The summed E-state index contributed by atoms with van der Waals surface area (Å²) in [4.78, 5) is 44.9. The molecule has 17 atom stereocenters. The van der Waals surface area contributed by atoms with Crippen LogP contribution in [0.5, 0.6) is 5.75 Å². The standard InChI is InChI=1S/C37H46O20S/c1-12-15(40)6-7-20(52-12)56-37-22-14(23(42)21-13(24(22)43)4-3-5-16(21)41)8-19(55-34-30(58)28(47)26(45)18(10-39)54-34)36(37,11-35(2,51)31(49)32(37)50)57-33-29(48)27(46)25(44)17(9-38)53-33/h3-5,8,12,15,17-18,20,25-31,33-34,38-41,44-49,51,58H,6-7,9-11H2,1-2H3. The van der Waals surface area contributed by atoms with Gasteiger partial charge in [0.05, 0.1) is 47.4 Å². The summed E-state index contributed by atoms with van der Waals surface area (Å²) >= 11 is 4.35. The van der Waals surface area contributed by atoms with Gasteiger partial charge in [-0.2, -0.15) is 12.6 Å². The highest BCUT2D eigenvalue weighted by molar-refractivity contribution is 7.81. The number of aliphatic hydroxyl groups is 10. The number of aromatic hydroxyl groups is 1. The Balaban J connectivity index is 1.54. The van der Waals surface area contributed by atoms with E-state index in [2.05, 4.69) is 12.6 Å². The third-order valence-corrected chi connectivity index (χ3v) is 12.4. The van der Waals surface area contributed by atoms with E-state index in [-0.39, 0.29) is 12.8 Å². The molecule has 0 bridgehead atoms. The van der Waals surface area contributed by atoms with Crippen molar-refractivity contribution in [1.29, 1.82) is 0 Å². The van der Waals surface area contributed by atoms with Gasteiger partial charge in [0.25, 0.3) is 0 Å². The Bertz CT molecular complexity index is 1880. The van der Waals surface area contributed by atoms with Crippen LogP contribution in [0, 0.1) is 0 Å². The molecule has 3 aliphatic heterocycles. The molecule has 1 aromatic rings. The van der Waals surface area contributed by atoms with Crippen molar-refractivity contribution in [2.24, 2.45) is 0 Å². The molecule has 3 aliphatic carbocycles. The molecule has 58 heavy (non-hydrogen) atoms. The normalized spacial score (nSPS) is 45.6. The summed E-state index contributed by atoms with van der Waals surface area (Å²) in [5, 5.41) is 118. The summed E-state index contributed by atoms with van der Waals surface area (Å²) in [6.45, 7) is 0.623. The maximum atomic E-state index is 15.3.